The maximum absolute atomic E-state index is 5.79. The van der Waals surface area contributed by atoms with Crippen molar-refractivity contribution < 1.29 is 4.74 Å². The lowest BCUT2D eigenvalue weighted by molar-refractivity contribution is 0.320. The van der Waals surface area contributed by atoms with E-state index in [4.69, 9.17) is 14.7 Å². The van der Waals surface area contributed by atoms with E-state index in [2.05, 4.69) is 62.7 Å². The van der Waals surface area contributed by atoms with Crippen molar-refractivity contribution in [2.24, 2.45) is 0 Å². The van der Waals surface area contributed by atoms with Crippen molar-refractivity contribution in [3.8, 4) is 5.75 Å². The predicted molar refractivity (Wildman–Crippen MR) is 115 cm³/mol. The number of nitrogens with zero attached hydrogens (tertiary/aromatic N) is 2. The fourth-order valence-corrected chi connectivity index (χ4v) is 4.30. The summed E-state index contributed by atoms with van der Waals surface area (Å²) in [5, 5.41) is 10.5. The van der Waals surface area contributed by atoms with Gasteiger partial charge in [0.15, 0.2) is 11.6 Å². The third kappa shape index (κ3) is 3.60. The molecule has 2 aromatic heterocycles. The number of ether oxygens (including phenoxy) is 1. The van der Waals surface area contributed by atoms with Gasteiger partial charge in [-0.1, -0.05) is 20.8 Å². The second-order valence-electron chi connectivity index (χ2n) is 8.36. The van der Waals surface area contributed by atoms with Crippen LogP contribution in [0.25, 0.3) is 0 Å². The van der Waals surface area contributed by atoms with Crippen molar-refractivity contribution >= 4 is 17.3 Å². The molecule has 2 aliphatic heterocycles. The number of anilines is 3. The van der Waals surface area contributed by atoms with Crippen LogP contribution < -0.4 is 20.7 Å². The molecule has 2 aromatic rings. The summed E-state index contributed by atoms with van der Waals surface area (Å²) in [7, 11) is 0. The van der Waals surface area contributed by atoms with Gasteiger partial charge >= 0.3 is 0 Å². The summed E-state index contributed by atoms with van der Waals surface area (Å²) >= 11 is 0. The first-order valence-corrected chi connectivity index (χ1v) is 10.3. The molecule has 0 aliphatic carbocycles. The van der Waals surface area contributed by atoms with Gasteiger partial charge in [0, 0.05) is 24.0 Å². The van der Waals surface area contributed by atoms with E-state index in [9.17, 15) is 0 Å². The minimum absolute atomic E-state index is 0.349. The number of hydrogen-bond donors (Lipinski definition) is 3. The van der Waals surface area contributed by atoms with Gasteiger partial charge in [0.2, 0.25) is 0 Å². The van der Waals surface area contributed by atoms with Crippen LogP contribution in [-0.4, -0.2) is 35.7 Å². The summed E-state index contributed by atoms with van der Waals surface area (Å²) in [6.07, 6.45) is 1.02. The molecule has 0 fully saturated rings. The molecule has 150 valence electrons. The monoisotopic (exact) mass is 381 g/mol. The second kappa shape index (κ2) is 7.49. The third-order valence-electron chi connectivity index (χ3n) is 5.79. The van der Waals surface area contributed by atoms with Crippen LogP contribution in [-0.2, 0) is 0 Å². The zero-order valence-corrected chi connectivity index (χ0v) is 17.5. The standard InChI is InChI=1S/C22H31N5O/c1-12(2)17-9-19-21(25-14(17)4)24-11-16(27-19)8-13(3)18-10-20-22(26-15(18)5)23-6-7-28-20/h9-10,12-13,16,27H,6-8,11H2,1-5H3,(H,23,26)(H,24,25)/t13-,16?/m0/s1. The van der Waals surface area contributed by atoms with Crippen molar-refractivity contribution in [1.29, 1.82) is 0 Å². The van der Waals surface area contributed by atoms with Gasteiger partial charge in [-0.25, -0.2) is 9.97 Å². The van der Waals surface area contributed by atoms with Crippen molar-refractivity contribution in [2.75, 3.05) is 35.6 Å². The number of hydrogen-bond acceptors (Lipinski definition) is 6. The summed E-state index contributed by atoms with van der Waals surface area (Å²) in [5.74, 6) is 3.56. The minimum Gasteiger partial charge on any atom is -0.488 e. The average molecular weight is 382 g/mol. The average Bonchev–Trinajstić information content (AvgIpc) is 2.66. The summed E-state index contributed by atoms with van der Waals surface area (Å²) in [6, 6.07) is 4.78. The van der Waals surface area contributed by atoms with Crippen molar-refractivity contribution in [3.05, 3.63) is 34.6 Å². The van der Waals surface area contributed by atoms with Crippen LogP contribution in [0.15, 0.2) is 12.1 Å². The highest BCUT2D eigenvalue weighted by molar-refractivity contribution is 5.69. The van der Waals surface area contributed by atoms with Gasteiger partial charge in [-0.15, -0.1) is 0 Å². The number of pyridine rings is 2. The van der Waals surface area contributed by atoms with Crippen molar-refractivity contribution in [3.63, 3.8) is 0 Å². The largest absolute Gasteiger partial charge is 0.488 e. The van der Waals surface area contributed by atoms with Crippen LogP contribution in [0.4, 0.5) is 17.3 Å². The smallest absolute Gasteiger partial charge is 0.169 e. The summed E-state index contributed by atoms with van der Waals surface area (Å²) in [4.78, 5) is 9.48. The van der Waals surface area contributed by atoms with E-state index in [0.717, 1.165) is 54.0 Å². The van der Waals surface area contributed by atoms with Crippen LogP contribution in [0, 0.1) is 13.8 Å². The summed E-state index contributed by atoms with van der Waals surface area (Å²) in [5.41, 5.74) is 5.87. The second-order valence-corrected chi connectivity index (χ2v) is 8.36. The molecule has 0 saturated carbocycles. The maximum Gasteiger partial charge on any atom is 0.169 e. The third-order valence-corrected chi connectivity index (χ3v) is 5.79. The Labute approximate surface area is 167 Å². The zero-order chi connectivity index (χ0) is 19.8. The first-order chi connectivity index (χ1) is 13.4. The molecule has 2 aliphatic rings. The molecule has 6 nitrogen and oxygen atoms in total. The highest BCUT2D eigenvalue weighted by Gasteiger charge is 2.24. The van der Waals surface area contributed by atoms with E-state index >= 15 is 0 Å². The lowest BCUT2D eigenvalue weighted by Crippen LogP contribution is -2.35. The Morgan fingerprint density at radius 1 is 1.04 bits per heavy atom. The molecule has 0 bridgehead atoms. The topological polar surface area (TPSA) is 71.1 Å². The van der Waals surface area contributed by atoms with Gasteiger partial charge in [0.1, 0.15) is 12.4 Å². The Morgan fingerprint density at radius 3 is 2.57 bits per heavy atom. The van der Waals surface area contributed by atoms with E-state index in [1.165, 1.54) is 11.1 Å². The Kier molecular flexibility index (Phi) is 5.04. The molecule has 28 heavy (non-hydrogen) atoms. The van der Waals surface area contributed by atoms with Crippen molar-refractivity contribution in [1.82, 2.24) is 9.97 Å². The molecule has 6 heteroatoms. The van der Waals surface area contributed by atoms with E-state index in [1.807, 2.05) is 0 Å². The Morgan fingerprint density at radius 2 is 1.79 bits per heavy atom. The Balaban J connectivity index is 1.51. The number of aromatic nitrogens is 2. The molecule has 0 radical (unpaired) electrons. The number of nitrogens with one attached hydrogen (secondary N) is 3. The zero-order valence-electron chi connectivity index (χ0n) is 17.5. The van der Waals surface area contributed by atoms with Crippen LogP contribution in [0.1, 0.15) is 61.5 Å². The van der Waals surface area contributed by atoms with Crippen molar-refractivity contribution in [2.45, 2.75) is 58.9 Å². The first kappa shape index (κ1) is 18.8. The molecular formula is C22H31N5O. The van der Waals surface area contributed by atoms with Crippen LogP contribution >= 0.6 is 0 Å². The molecule has 0 saturated heterocycles. The van der Waals surface area contributed by atoms with Gasteiger partial charge in [0.05, 0.1) is 12.2 Å². The summed E-state index contributed by atoms with van der Waals surface area (Å²) < 4.78 is 5.79. The Hall–Kier alpha value is -2.50. The maximum atomic E-state index is 5.79. The molecule has 1 unspecified atom stereocenters. The molecule has 3 N–H and O–H groups in total. The molecule has 4 rings (SSSR count). The fraction of sp³-hybridized carbons (Fsp3) is 0.545. The molecular weight excluding hydrogens is 350 g/mol. The van der Waals surface area contributed by atoms with E-state index in [-0.39, 0.29) is 0 Å². The van der Waals surface area contributed by atoms with E-state index < -0.39 is 0 Å². The molecule has 2 atom stereocenters. The van der Waals surface area contributed by atoms with Gasteiger partial charge in [-0.3, -0.25) is 0 Å². The number of rotatable bonds is 4. The number of aryl methyl sites for hydroxylation is 2. The quantitative estimate of drug-likeness (QED) is 0.728. The Bertz CT molecular complexity index is 880. The molecule has 0 aromatic carbocycles. The highest BCUT2D eigenvalue weighted by atomic mass is 16.5. The van der Waals surface area contributed by atoms with E-state index in [1.54, 1.807) is 0 Å². The lowest BCUT2D eigenvalue weighted by atomic mass is 9.91. The molecule has 0 spiro atoms. The fourth-order valence-electron chi connectivity index (χ4n) is 4.30. The van der Waals surface area contributed by atoms with Gasteiger partial charge in [-0.2, -0.15) is 0 Å². The minimum atomic E-state index is 0.349. The van der Waals surface area contributed by atoms with Crippen LogP contribution in [0.5, 0.6) is 5.75 Å². The van der Waals surface area contributed by atoms with Gasteiger partial charge in [-0.05, 0) is 55.4 Å². The predicted octanol–water partition coefficient (Wildman–Crippen LogP) is 4.42. The van der Waals surface area contributed by atoms with Gasteiger partial charge < -0.3 is 20.7 Å². The highest BCUT2D eigenvalue weighted by Crippen LogP contribution is 2.35. The molecule has 0 amide bonds. The first-order valence-electron chi connectivity index (χ1n) is 10.3. The van der Waals surface area contributed by atoms with E-state index in [0.29, 0.717) is 24.5 Å². The normalized spacial score (nSPS) is 18.9. The lowest BCUT2D eigenvalue weighted by Gasteiger charge is -2.31. The molecule has 4 heterocycles. The van der Waals surface area contributed by atoms with Gasteiger partial charge in [0.25, 0.3) is 0 Å². The summed E-state index contributed by atoms with van der Waals surface area (Å²) in [6.45, 7) is 13.3. The number of fused-ring (bicyclic) bond motifs is 2. The van der Waals surface area contributed by atoms with Crippen LogP contribution in [0.3, 0.4) is 0 Å². The van der Waals surface area contributed by atoms with Crippen LogP contribution in [0.2, 0.25) is 0 Å². The SMILES string of the molecule is Cc1nc2c(cc1C(C)C)NC(C[C@H](C)c1cc3c(nc1C)NCCO3)CN2.